The number of piperidine rings is 1. The van der Waals surface area contributed by atoms with Crippen LogP contribution in [0.4, 0.5) is 4.39 Å². The van der Waals surface area contributed by atoms with Gasteiger partial charge in [0.15, 0.2) is 0 Å². The fourth-order valence-corrected chi connectivity index (χ4v) is 3.82. The van der Waals surface area contributed by atoms with Crippen LogP contribution in [0, 0.1) is 11.7 Å². The number of benzene rings is 1. The predicted octanol–water partition coefficient (Wildman–Crippen LogP) is 0.928. The Kier molecular flexibility index (Phi) is 6.61. The normalized spacial score (nSPS) is 21.3. The summed E-state index contributed by atoms with van der Waals surface area (Å²) in [6.45, 7) is 2.62. The zero-order valence-corrected chi connectivity index (χ0v) is 16.0. The Morgan fingerprint density at radius 1 is 1.18 bits per heavy atom. The lowest BCUT2D eigenvalue weighted by atomic mass is 9.96. The van der Waals surface area contributed by atoms with Crippen LogP contribution in [0.3, 0.4) is 0 Å². The third-order valence-corrected chi connectivity index (χ3v) is 5.49. The van der Waals surface area contributed by atoms with E-state index < -0.39 is 6.04 Å². The van der Waals surface area contributed by atoms with E-state index in [4.69, 9.17) is 4.74 Å². The standard InChI is InChI=1S/C20H26FN3O4/c1-28-20(27)15-6-9-23(10-7-15)18(25)12-17-19(26)22-8-11-24(17)13-14-2-4-16(21)5-3-14/h2-5,15,17H,6-13H2,1H3,(H,22,26)/t17-/m0/s1. The number of carbonyl (C=O) groups is 3. The first kappa shape index (κ1) is 20.3. The summed E-state index contributed by atoms with van der Waals surface area (Å²) in [6, 6.07) is 5.62. The topological polar surface area (TPSA) is 78.9 Å². The van der Waals surface area contributed by atoms with Crippen LogP contribution < -0.4 is 5.32 Å². The summed E-state index contributed by atoms with van der Waals surface area (Å²) in [4.78, 5) is 40.5. The number of nitrogens with zero attached hydrogens (tertiary/aromatic N) is 2. The number of likely N-dealkylation sites (tertiary alicyclic amines) is 1. The monoisotopic (exact) mass is 391 g/mol. The Bertz CT molecular complexity index is 717. The molecule has 0 saturated carbocycles. The summed E-state index contributed by atoms with van der Waals surface area (Å²) in [5.74, 6) is -0.950. The Labute approximate surface area is 163 Å². The van der Waals surface area contributed by atoms with Gasteiger partial charge in [-0.25, -0.2) is 4.39 Å². The molecule has 0 aliphatic carbocycles. The minimum Gasteiger partial charge on any atom is -0.469 e. The van der Waals surface area contributed by atoms with Crippen molar-refractivity contribution in [3.05, 3.63) is 35.6 Å². The van der Waals surface area contributed by atoms with Gasteiger partial charge in [-0.05, 0) is 30.5 Å². The number of methoxy groups -OCH3 is 1. The zero-order valence-electron chi connectivity index (χ0n) is 16.0. The molecule has 3 rings (SSSR count). The number of carbonyl (C=O) groups excluding carboxylic acids is 3. The zero-order chi connectivity index (χ0) is 20.1. The number of hydrogen-bond acceptors (Lipinski definition) is 5. The molecule has 0 bridgehead atoms. The summed E-state index contributed by atoms with van der Waals surface area (Å²) in [7, 11) is 1.37. The van der Waals surface area contributed by atoms with Gasteiger partial charge in [-0.1, -0.05) is 12.1 Å². The van der Waals surface area contributed by atoms with Gasteiger partial charge in [0.2, 0.25) is 11.8 Å². The molecule has 28 heavy (non-hydrogen) atoms. The highest BCUT2D eigenvalue weighted by molar-refractivity contribution is 5.89. The molecule has 2 amide bonds. The molecule has 2 heterocycles. The van der Waals surface area contributed by atoms with Gasteiger partial charge in [0.05, 0.1) is 25.5 Å². The molecule has 8 heteroatoms. The second-order valence-corrected chi connectivity index (χ2v) is 7.29. The van der Waals surface area contributed by atoms with Crippen LogP contribution in [0.25, 0.3) is 0 Å². The van der Waals surface area contributed by atoms with E-state index >= 15 is 0 Å². The van der Waals surface area contributed by atoms with E-state index in [0.717, 1.165) is 5.56 Å². The van der Waals surface area contributed by atoms with Crippen LogP contribution in [0.1, 0.15) is 24.8 Å². The van der Waals surface area contributed by atoms with Crippen molar-refractivity contribution in [3.8, 4) is 0 Å². The highest BCUT2D eigenvalue weighted by Crippen LogP contribution is 2.21. The van der Waals surface area contributed by atoms with Gasteiger partial charge in [0.25, 0.3) is 0 Å². The van der Waals surface area contributed by atoms with Gasteiger partial charge in [0.1, 0.15) is 5.82 Å². The van der Waals surface area contributed by atoms with Crippen LogP contribution in [0.5, 0.6) is 0 Å². The fraction of sp³-hybridized carbons (Fsp3) is 0.550. The van der Waals surface area contributed by atoms with Crippen molar-refractivity contribution in [2.45, 2.75) is 31.8 Å². The first-order chi connectivity index (χ1) is 13.5. The number of ether oxygens (including phenoxy) is 1. The number of nitrogens with one attached hydrogen (secondary N) is 1. The molecule has 0 unspecified atom stereocenters. The van der Waals surface area contributed by atoms with Crippen molar-refractivity contribution in [1.29, 1.82) is 0 Å². The van der Waals surface area contributed by atoms with Crippen molar-refractivity contribution in [3.63, 3.8) is 0 Å². The first-order valence-corrected chi connectivity index (χ1v) is 9.59. The Morgan fingerprint density at radius 2 is 1.86 bits per heavy atom. The summed E-state index contributed by atoms with van der Waals surface area (Å²) >= 11 is 0. The van der Waals surface area contributed by atoms with E-state index in [1.165, 1.54) is 19.2 Å². The average molecular weight is 391 g/mol. The van der Waals surface area contributed by atoms with Crippen molar-refractivity contribution >= 4 is 17.8 Å². The van der Waals surface area contributed by atoms with Crippen molar-refractivity contribution in [1.82, 2.24) is 15.1 Å². The highest BCUT2D eigenvalue weighted by atomic mass is 19.1. The first-order valence-electron chi connectivity index (χ1n) is 9.59. The minimum atomic E-state index is -0.551. The van der Waals surface area contributed by atoms with E-state index in [0.29, 0.717) is 45.6 Å². The minimum absolute atomic E-state index is 0.0885. The molecular formula is C20H26FN3O4. The maximum Gasteiger partial charge on any atom is 0.308 e. The number of amides is 2. The molecule has 7 nitrogen and oxygen atoms in total. The maximum absolute atomic E-state index is 13.1. The van der Waals surface area contributed by atoms with Gasteiger partial charge in [-0.3, -0.25) is 19.3 Å². The van der Waals surface area contributed by atoms with Gasteiger partial charge in [-0.15, -0.1) is 0 Å². The smallest absolute Gasteiger partial charge is 0.308 e. The van der Waals surface area contributed by atoms with Crippen molar-refractivity contribution in [2.24, 2.45) is 5.92 Å². The lowest BCUT2D eigenvalue weighted by molar-refractivity contribution is -0.149. The van der Waals surface area contributed by atoms with Crippen LogP contribution in [0.2, 0.25) is 0 Å². The molecule has 2 saturated heterocycles. The summed E-state index contributed by atoms with van der Waals surface area (Å²) in [5, 5.41) is 2.82. The predicted molar refractivity (Wildman–Crippen MR) is 99.5 cm³/mol. The average Bonchev–Trinajstić information content (AvgIpc) is 2.71. The maximum atomic E-state index is 13.1. The largest absolute Gasteiger partial charge is 0.469 e. The van der Waals surface area contributed by atoms with Crippen LogP contribution >= 0.6 is 0 Å². The Hall–Kier alpha value is -2.48. The van der Waals surface area contributed by atoms with Crippen molar-refractivity contribution < 1.29 is 23.5 Å². The Morgan fingerprint density at radius 3 is 2.50 bits per heavy atom. The van der Waals surface area contributed by atoms with E-state index in [1.807, 2.05) is 4.90 Å². The fourth-order valence-electron chi connectivity index (χ4n) is 3.82. The second-order valence-electron chi connectivity index (χ2n) is 7.29. The number of hydrogen-bond donors (Lipinski definition) is 1. The van der Waals surface area contributed by atoms with E-state index in [9.17, 15) is 18.8 Å². The van der Waals surface area contributed by atoms with Crippen molar-refractivity contribution in [2.75, 3.05) is 33.3 Å². The third-order valence-electron chi connectivity index (χ3n) is 5.49. The van der Waals surface area contributed by atoms with Crippen LogP contribution in [-0.4, -0.2) is 66.9 Å². The molecule has 2 aliphatic heterocycles. The molecule has 1 aromatic rings. The molecule has 0 spiro atoms. The van der Waals surface area contributed by atoms with E-state index in [-0.39, 0.29) is 35.9 Å². The molecule has 2 fully saturated rings. The Balaban J connectivity index is 1.59. The van der Waals surface area contributed by atoms with Gasteiger partial charge >= 0.3 is 5.97 Å². The van der Waals surface area contributed by atoms with Gasteiger partial charge < -0.3 is 15.0 Å². The van der Waals surface area contributed by atoms with E-state index in [1.54, 1.807) is 17.0 Å². The lowest BCUT2D eigenvalue weighted by Crippen LogP contribution is -2.56. The SMILES string of the molecule is COC(=O)C1CCN(C(=O)C[C@H]2C(=O)NCCN2Cc2ccc(F)cc2)CC1. The number of rotatable bonds is 5. The molecule has 1 aromatic carbocycles. The van der Waals surface area contributed by atoms with Gasteiger partial charge in [-0.2, -0.15) is 0 Å². The molecule has 152 valence electrons. The molecule has 1 N–H and O–H groups in total. The lowest BCUT2D eigenvalue weighted by Gasteiger charge is -2.37. The summed E-state index contributed by atoms with van der Waals surface area (Å²) in [5.41, 5.74) is 0.896. The molecular weight excluding hydrogens is 365 g/mol. The summed E-state index contributed by atoms with van der Waals surface area (Å²) < 4.78 is 17.9. The van der Waals surface area contributed by atoms with Gasteiger partial charge in [0, 0.05) is 32.7 Å². The molecule has 0 aromatic heterocycles. The number of piperazine rings is 1. The van der Waals surface area contributed by atoms with Crippen LogP contribution in [0.15, 0.2) is 24.3 Å². The third kappa shape index (κ3) is 4.86. The molecule has 1 atom stereocenters. The number of esters is 1. The molecule has 0 radical (unpaired) electrons. The molecule has 2 aliphatic rings. The highest BCUT2D eigenvalue weighted by Gasteiger charge is 2.34. The van der Waals surface area contributed by atoms with E-state index in [2.05, 4.69) is 5.32 Å². The quantitative estimate of drug-likeness (QED) is 0.756. The summed E-state index contributed by atoms with van der Waals surface area (Å²) in [6.07, 6.45) is 1.25. The number of halogens is 1. The van der Waals surface area contributed by atoms with Crippen LogP contribution in [-0.2, 0) is 25.7 Å². The second kappa shape index (κ2) is 9.14.